The Morgan fingerprint density at radius 2 is 1.62 bits per heavy atom. The number of carbonyl (C=O) groups is 2. The van der Waals surface area contributed by atoms with Crippen molar-refractivity contribution < 1.29 is 82.3 Å². The minimum atomic E-state index is -5.03. The molecule has 1 aliphatic heterocycles. The molecule has 0 aliphatic carbocycles. The first kappa shape index (κ1) is 49.1. The molecule has 0 bridgehead atoms. The minimum Gasteiger partial charge on any atom is -0.505 e. The summed E-state index contributed by atoms with van der Waals surface area (Å²) in [5, 5.41) is 47.5. The standard InChI is InChI=1S/C38H33N9O17S4/c48-33-28-20-29(40-36-41-37(46-12-14-61-15-13-46)43-38(42-36)47-11-1-2-23(21-47)35(50)51)31(67(55,56)57)19-24(28)18-30(65-64-63-52)32(33)45-44-26-5-3-22(4-6-26)34(49)39-25-7-9-27(10-8-25)66(53,54)17-16-62-68(58,59)60/h1-11,18-21H,12-17H2,(H6-,39,40,41,42,43,44,45,48,49,50,51,52,55,56,57,58,59,60)/p+1. The molecule has 1 saturated heterocycles. The molecule has 0 saturated carbocycles. The number of hydrogen-bond acceptors (Lipinski definition) is 22. The van der Waals surface area contributed by atoms with Crippen LogP contribution in [0.3, 0.4) is 0 Å². The van der Waals surface area contributed by atoms with Crippen LogP contribution in [0.25, 0.3) is 16.7 Å². The number of fused-ring (bicyclic) bond motifs is 1. The molecule has 1 aliphatic rings. The smallest absolute Gasteiger partial charge is 0.444 e. The number of sulfone groups is 1. The van der Waals surface area contributed by atoms with Gasteiger partial charge in [0.05, 0.1) is 76.7 Å². The lowest BCUT2D eigenvalue weighted by atomic mass is 10.1. The van der Waals surface area contributed by atoms with E-state index in [9.17, 15) is 49.6 Å². The Kier molecular flexibility index (Phi) is 14.8. The highest BCUT2D eigenvalue weighted by atomic mass is 32.3. The Bertz CT molecular complexity index is 3270. The number of nitrogens with zero attached hydrogens (tertiary/aromatic N) is 7. The quantitative estimate of drug-likeness (QED) is 0.0158. The third-order valence-electron chi connectivity index (χ3n) is 9.46. The largest absolute Gasteiger partial charge is 0.505 e. The van der Waals surface area contributed by atoms with Gasteiger partial charge in [0.1, 0.15) is 10.6 Å². The number of anilines is 4. The number of nitrogens with one attached hydrogen (secondary N) is 2. The monoisotopic (exact) mass is 1020 g/mol. The van der Waals surface area contributed by atoms with Crippen LogP contribution in [0.2, 0.25) is 0 Å². The van der Waals surface area contributed by atoms with Crippen LogP contribution in [0.15, 0.2) is 116 Å². The normalized spacial score (nSPS) is 13.5. The molecule has 0 unspecified atom stereocenters. The number of carbonyl (C=O) groups excluding carboxylic acids is 1. The number of carboxylic acids is 1. The molecule has 356 valence electrons. The highest BCUT2D eigenvalue weighted by Crippen LogP contribution is 2.46. The number of phenols is 1. The van der Waals surface area contributed by atoms with Crippen LogP contribution < -0.4 is 20.1 Å². The summed E-state index contributed by atoms with van der Waals surface area (Å²) >= 11 is 0.346. The predicted octanol–water partition coefficient (Wildman–Crippen LogP) is 4.22. The van der Waals surface area contributed by atoms with Gasteiger partial charge in [-0.25, -0.2) is 27.2 Å². The molecule has 1 amide bonds. The molecule has 6 aromatic rings. The van der Waals surface area contributed by atoms with Crippen molar-refractivity contribution in [2.45, 2.75) is 14.7 Å². The van der Waals surface area contributed by atoms with Gasteiger partial charge >= 0.3 is 34.2 Å². The van der Waals surface area contributed by atoms with Crippen molar-refractivity contribution >= 4 is 99.7 Å². The van der Waals surface area contributed by atoms with E-state index in [0.717, 1.165) is 12.1 Å². The van der Waals surface area contributed by atoms with E-state index in [2.05, 4.69) is 49.4 Å². The third-order valence-corrected chi connectivity index (χ3v) is 13.1. The number of carboxylic acid groups (broad SMARTS) is 1. The van der Waals surface area contributed by atoms with Crippen molar-refractivity contribution in [3.05, 3.63) is 102 Å². The Hall–Kier alpha value is -6.84. The number of amides is 1. The van der Waals surface area contributed by atoms with Gasteiger partial charge in [0, 0.05) is 29.7 Å². The van der Waals surface area contributed by atoms with E-state index in [4.69, 9.17) is 14.5 Å². The van der Waals surface area contributed by atoms with Crippen LogP contribution in [-0.4, -0.2) is 115 Å². The van der Waals surface area contributed by atoms with Gasteiger partial charge in [-0.1, -0.05) is 5.04 Å². The van der Waals surface area contributed by atoms with E-state index < -0.39 is 65.2 Å². The fraction of sp³-hybridized carbons (Fsp3) is 0.158. The zero-order valence-electron chi connectivity index (χ0n) is 34.3. The second-order valence-electron chi connectivity index (χ2n) is 13.9. The van der Waals surface area contributed by atoms with Crippen LogP contribution >= 0.6 is 12.0 Å². The summed E-state index contributed by atoms with van der Waals surface area (Å²) in [6, 6.07) is 16.8. The van der Waals surface area contributed by atoms with Crippen LogP contribution in [0.5, 0.6) is 5.75 Å². The predicted molar refractivity (Wildman–Crippen MR) is 235 cm³/mol. The van der Waals surface area contributed by atoms with Gasteiger partial charge < -0.3 is 30.5 Å². The molecular formula is C38H34N9O17S4+. The second-order valence-corrected chi connectivity index (χ2v) is 19.3. The van der Waals surface area contributed by atoms with Gasteiger partial charge in [-0.3, -0.25) is 13.9 Å². The molecule has 0 spiro atoms. The number of benzene rings is 4. The van der Waals surface area contributed by atoms with E-state index in [0.29, 0.717) is 38.3 Å². The molecule has 1 fully saturated rings. The summed E-state index contributed by atoms with van der Waals surface area (Å²) in [6.45, 7) is 0.588. The lowest BCUT2D eigenvalue weighted by Crippen LogP contribution is -2.39. The molecule has 0 atom stereocenters. The number of hydrogen-bond donors (Lipinski definition) is 7. The molecule has 7 rings (SSSR count). The first-order valence-electron chi connectivity index (χ1n) is 19.1. The van der Waals surface area contributed by atoms with Crippen molar-refractivity contribution in [1.82, 2.24) is 15.0 Å². The summed E-state index contributed by atoms with van der Waals surface area (Å²) in [5.41, 5.74) is -0.216. The molecule has 4 aromatic carbocycles. The molecular weight excluding hydrogens is 983 g/mol. The third kappa shape index (κ3) is 12.2. The Morgan fingerprint density at radius 3 is 2.28 bits per heavy atom. The summed E-state index contributed by atoms with van der Waals surface area (Å²) in [5.74, 6) is -3.39. The van der Waals surface area contributed by atoms with E-state index in [1.807, 2.05) is 0 Å². The minimum absolute atomic E-state index is 0.00644. The van der Waals surface area contributed by atoms with Crippen molar-refractivity contribution in [1.29, 1.82) is 0 Å². The summed E-state index contributed by atoms with van der Waals surface area (Å²) in [7, 11) is -13.9. The van der Waals surface area contributed by atoms with Crippen LogP contribution in [0, 0.1) is 0 Å². The number of phenolic OH excluding ortho intramolecular Hbond substituents is 1. The molecule has 7 N–H and O–H groups in total. The van der Waals surface area contributed by atoms with Gasteiger partial charge in [0.15, 0.2) is 15.6 Å². The number of aromatic nitrogens is 4. The first-order chi connectivity index (χ1) is 32.3. The van der Waals surface area contributed by atoms with Gasteiger partial charge in [0.2, 0.25) is 0 Å². The SMILES string of the molecule is O=C(O)c1ccc[n+](-c2nc(Nc3cc4c(O)c(N=Nc5ccc(C(=O)Nc6ccc(S(=O)(=O)CCOS(=O)(=O)O)cc6)cc5)c(SOOO)cc4cc3S(=O)(=O)O)nc(N3CCOCC3)n2)c1. The number of pyridine rings is 1. The number of aromatic carboxylic acids is 1. The molecule has 2 aromatic heterocycles. The molecule has 30 heteroatoms. The van der Waals surface area contributed by atoms with E-state index in [-0.39, 0.29) is 72.3 Å². The number of ether oxygens (including phenoxy) is 1. The Labute approximate surface area is 388 Å². The first-order valence-corrected chi connectivity index (χ1v) is 24.3. The van der Waals surface area contributed by atoms with E-state index >= 15 is 0 Å². The lowest BCUT2D eigenvalue weighted by molar-refractivity contribution is -0.603. The maximum absolute atomic E-state index is 13.0. The maximum Gasteiger partial charge on any atom is 0.444 e. The fourth-order valence-electron chi connectivity index (χ4n) is 6.28. The summed E-state index contributed by atoms with van der Waals surface area (Å²) < 4.78 is 107. The van der Waals surface area contributed by atoms with Gasteiger partial charge in [-0.05, 0) is 94.2 Å². The number of rotatable bonds is 18. The Morgan fingerprint density at radius 1 is 0.897 bits per heavy atom. The van der Waals surface area contributed by atoms with Crippen LogP contribution in [0.1, 0.15) is 20.7 Å². The zero-order valence-corrected chi connectivity index (χ0v) is 37.6. The lowest BCUT2D eigenvalue weighted by Gasteiger charge is -2.25. The fourth-order valence-corrected chi connectivity index (χ4v) is 8.92. The van der Waals surface area contributed by atoms with Gasteiger partial charge in [-0.2, -0.15) is 21.9 Å². The van der Waals surface area contributed by atoms with Crippen molar-refractivity contribution in [3.63, 3.8) is 0 Å². The van der Waals surface area contributed by atoms with Gasteiger partial charge in [-0.15, -0.1) is 14.4 Å². The number of morpholine rings is 1. The molecule has 0 radical (unpaired) electrons. The van der Waals surface area contributed by atoms with E-state index in [1.165, 1.54) is 83.7 Å². The average Bonchev–Trinajstić information content (AvgIpc) is 3.30. The maximum atomic E-state index is 13.0. The molecule has 68 heavy (non-hydrogen) atoms. The van der Waals surface area contributed by atoms with Crippen molar-refractivity contribution in [2.24, 2.45) is 10.2 Å². The van der Waals surface area contributed by atoms with Crippen LogP contribution in [0.4, 0.5) is 34.6 Å². The zero-order chi connectivity index (χ0) is 48.8. The molecule has 26 nitrogen and oxygen atoms in total. The van der Waals surface area contributed by atoms with E-state index in [1.54, 1.807) is 4.90 Å². The van der Waals surface area contributed by atoms with Gasteiger partial charge in [0.25, 0.3) is 16.0 Å². The highest BCUT2D eigenvalue weighted by molar-refractivity contribution is 7.94. The number of azo groups is 1. The van der Waals surface area contributed by atoms with Crippen LogP contribution in [-0.2, 0) is 48.6 Å². The Balaban J connectivity index is 1.17. The average molecular weight is 1020 g/mol. The second kappa shape index (κ2) is 20.6. The summed E-state index contributed by atoms with van der Waals surface area (Å²) in [4.78, 5) is 38.9. The molecule has 3 heterocycles. The number of aromatic hydroxyl groups is 1. The highest BCUT2D eigenvalue weighted by Gasteiger charge is 2.27. The summed E-state index contributed by atoms with van der Waals surface area (Å²) in [6.07, 6.45) is 2.74. The topological polar surface area (TPSA) is 369 Å². The van der Waals surface area contributed by atoms with Crippen molar-refractivity contribution in [3.8, 4) is 11.7 Å². The van der Waals surface area contributed by atoms with Crippen molar-refractivity contribution in [2.75, 3.05) is 54.2 Å².